The first-order chi connectivity index (χ1) is 13.3. The average molecular weight is 427 g/mol. The number of hydrogen-bond donors (Lipinski definition) is 1. The Hall–Kier alpha value is -2.01. The van der Waals surface area contributed by atoms with Crippen LogP contribution in [0.2, 0.25) is 5.02 Å². The van der Waals surface area contributed by atoms with Crippen LogP contribution in [0.15, 0.2) is 23.1 Å². The molecule has 0 aliphatic carbocycles. The second kappa shape index (κ2) is 8.56. The summed E-state index contributed by atoms with van der Waals surface area (Å²) in [5.41, 5.74) is 0.607. The molecule has 0 bridgehead atoms. The van der Waals surface area contributed by atoms with Crippen LogP contribution in [-0.2, 0) is 21.3 Å². The zero-order chi connectivity index (χ0) is 20.3. The fraction of sp³-hybridized carbons (Fsp3) is 0.471. The smallest absolute Gasteiger partial charge is 0.241 e. The molecule has 1 fully saturated rings. The minimum absolute atomic E-state index is 0.0605. The Balaban J connectivity index is 1.84. The number of nitrogens with zero attached hydrogens (tertiary/aromatic N) is 5. The molecule has 1 aliphatic rings. The normalized spacial score (nSPS) is 14.9. The lowest BCUT2D eigenvalue weighted by atomic mass is 10.2. The van der Waals surface area contributed by atoms with Crippen LogP contribution >= 0.6 is 11.6 Å². The zero-order valence-corrected chi connectivity index (χ0v) is 17.6. The number of ether oxygens (including phenoxy) is 1. The molecule has 1 aromatic carbocycles. The summed E-state index contributed by atoms with van der Waals surface area (Å²) in [7, 11) is -0.122. The molecule has 3 rings (SSSR count). The Morgan fingerprint density at radius 2 is 1.93 bits per heavy atom. The first-order valence-electron chi connectivity index (χ1n) is 8.77. The topological polar surface area (TPSA) is 101 Å². The maximum Gasteiger partial charge on any atom is 0.241 e. The van der Waals surface area contributed by atoms with Gasteiger partial charge >= 0.3 is 0 Å². The quantitative estimate of drug-likeness (QED) is 0.735. The Bertz CT molecular complexity index is 948. The van der Waals surface area contributed by atoms with E-state index in [4.69, 9.17) is 16.3 Å². The summed E-state index contributed by atoms with van der Waals surface area (Å²) in [5.74, 6) is 1.31. The van der Waals surface area contributed by atoms with E-state index in [1.54, 1.807) is 24.0 Å². The van der Waals surface area contributed by atoms with Gasteiger partial charge < -0.3 is 14.5 Å². The Morgan fingerprint density at radius 1 is 1.21 bits per heavy atom. The highest BCUT2D eigenvalue weighted by molar-refractivity contribution is 7.89. The molecule has 9 nitrogen and oxygen atoms in total. The lowest BCUT2D eigenvalue weighted by Gasteiger charge is -2.27. The number of halogens is 1. The molecule has 1 aromatic heterocycles. The number of anilines is 2. The van der Waals surface area contributed by atoms with E-state index in [2.05, 4.69) is 19.7 Å². The summed E-state index contributed by atoms with van der Waals surface area (Å²) >= 11 is 5.96. The van der Waals surface area contributed by atoms with Crippen molar-refractivity contribution in [3.8, 4) is 0 Å². The number of nitrogens with one attached hydrogen (secondary N) is 1. The molecule has 1 N–H and O–H groups in total. The van der Waals surface area contributed by atoms with E-state index in [9.17, 15) is 8.42 Å². The van der Waals surface area contributed by atoms with Gasteiger partial charge in [-0.2, -0.15) is 15.0 Å². The number of aromatic nitrogens is 3. The molecule has 1 saturated heterocycles. The monoisotopic (exact) mass is 426 g/mol. The second-order valence-electron chi connectivity index (χ2n) is 6.58. The molecule has 0 atom stereocenters. The van der Waals surface area contributed by atoms with Crippen LogP contribution in [0.4, 0.5) is 11.9 Å². The largest absolute Gasteiger partial charge is 0.378 e. The minimum Gasteiger partial charge on any atom is -0.378 e. The summed E-state index contributed by atoms with van der Waals surface area (Å²) in [5, 5.41) is 0.357. The van der Waals surface area contributed by atoms with Crippen molar-refractivity contribution in [2.24, 2.45) is 0 Å². The fourth-order valence-electron chi connectivity index (χ4n) is 2.68. The predicted octanol–water partition coefficient (Wildman–Crippen LogP) is 1.21. The van der Waals surface area contributed by atoms with E-state index in [1.165, 1.54) is 6.07 Å². The Kier molecular flexibility index (Phi) is 6.33. The summed E-state index contributed by atoms with van der Waals surface area (Å²) in [6.07, 6.45) is 0. The van der Waals surface area contributed by atoms with Gasteiger partial charge in [0.2, 0.25) is 21.9 Å². The molecule has 152 valence electrons. The lowest BCUT2D eigenvalue weighted by molar-refractivity contribution is 0.122. The van der Waals surface area contributed by atoms with Crippen molar-refractivity contribution in [2.45, 2.75) is 18.4 Å². The van der Waals surface area contributed by atoms with Gasteiger partial charge in [0.25, 0.3) is 0 Å². The van der Waals surface area contributed by atoms with Crippen LogP contribution in [-0.4, -0.2) is 63.8 Å². The molecule has 1 aliphatic heterocycles. The van der Waals surface area contributed by atoms with Crippen molar-refractivity contribution in [3.05, 3.63) is 34.6 Å². The van der Waals surface area contributed by atoms with E-state index in [1.807, 2.05) is 19.0 Å². The molecular formula is C17H23ClN6O3S. The van der Waals surface area contributed by atoms with Gasteiger partial charge in [-0.3, -0.25) is 0 Å². The zero-order valence-electron chi connectivity index (χ0n) is 16.0. The van der Waals surface area contributed by atoms with Crippen molar-refractivity contribution in [3.63, 3.8) is 0 Å². The Morgan fingerprint density at radius 3 is 2.61 bits per heavy atom. The van der Waals surface area contributed by atoms with E-state index in [0.29, 0.717) is 54.6 Å². The summed E-state index contributed by atoms with van der Waals surface area (Å²) in [6.45, 7) is 4.19. The number of aryl methyl sites for hydroxylation is 1. The maximum atomic E-state index is 12.7. The maximum absolute atomic E-state index is 12.7. The molecule has 2 aromatic rings. The van der Waals surface area contributed by atoms with Crippen molar-refractivity contribution in [1.82, 2.24) is 19.7 Å². The van der Waals surface area contributed by atoms with Gasteiger partial charge in [-0.1, -0.05) is 17.7 Å². The van der Waals surface area contributed by atoms with Crippen LogP contribution in [0, 0.1) is 6.92 Å². The molecule has 28 heavy (non-hydrogen) atoms. The fourth-order valence-corrected chi connectivity index (χ4v) is 4.17. The van der Waals surface area contributed by atoms with Crippen molar-refractivity contribution in [2.75, 3.05) is 50.2 Å². The lowest BCUT2D eigenvalue weighted by Crippen LogP contribution is -2.38. The number of rotatable bonds is 6. The highest BCUT2D eigenvalue weighted by Gasteiger charge is 2.20. The molecule has 0 unspecified atom stereocenters. The van der Waals surface area contributed by atoms with Crippen LogP contribution in [0.25, 0.3) is 0 Å². The van der Waals surface area contributed by atoms with Crippen molar-refractivity contribution in [1.29, 1.82) is 0 Å². The van der Waals surface area contributed by atoms with Gasteiger partial charge in [0, 0.05) is 32.2 Å². The van der Waals surface area contributed by atoms with Crippen molar-refractivity contribution >= 4 is 33.5 Å². The third kappa shape index (κ3) is 4.88. The summed E-state index contributed by atoms with van der Waals surface area (Å²) in [6, 6.07) is 4.75. The molecular weight excluding hydrogens is 404 g/mol. The third-order valence-corrected chi connectivity index (χ3v) is 5.99. The average Bonchev–Trinajstić information content (AvgIpc) is 2.68. The second-order valence-corrected chi connectivity index (χ2v) is 8.75. The highest BCUT2D eigenvalue weighted by atomic mass is 35.5. The summed E-state index contributed by atoms with van der Waals surface area (Å²) in [4.78, 5) is 17.2. The highest BCUT2D eigenvalue weighted by Crippen LogP contribution is 2.20. The van der Waals surface area contributed by atoms with Gasteiger partial charge in [-0.25, -0.2) is 13.1 Å². The molecule has 0 radical (unpaired) electrons. The number of hydrogen-bond acceptors (Lipinski definition) is 8. The molecule has 11 heteroatoms. The molecule has 0 amide bonds. The number of benzene rings is 1. The minimum atomic E-state index is -3.76. The van der Waals surface area contributed by atoms with Gasteiger partial charge in [-0.15, -0.1) is 0 Å². The van der Waals surface area contributed by atoms with Gasteiger partial charge in [0.1, 0.15) is 0 Å². The van der Waals surface area contributed by atoms with Crippen LogP contribution in [0.5, 0.6) is 0 Å². The van der Waals surface area contributed by atoms with E-state index < -0.39 is 10.0 Å². The Labute approximate surface area is 169 Å². The number of morpholine rings is 1. The van der Waals surface area contributed by atoms with E-state index in [0.717, 1.165) is 0 Å². The standard InChI is InChI=1S/C17H23ClN6O3S/c1-12-4-5-13(18)10-14(12)28(25,26)19-11-15-20-16(23(2)3)22-17(21-15)24-6-8-27-9-7-24/h4-5,10,19H,6-9,11H2,1-3H3. The molecule has 0 saturated carbocycles. The molecule has 0 spiro atoms. The van der Waals surface area contributed by atoms with Crippen molar-refractivity contribution < 1.29 is 13.2 Å². The van der Waals surface area contributed by atoms with Gasteiger partial charge in [-0.05, 0) is 24.6 Å². The van der Waals surface area contributed by atoms with E-state index in [-0.39, 0.29) is 11.4 Å². The van der Waals surface area contributed by atoms with Gasteiger partial charge in [0.05, 0.1) is 24.7 Å². The van der Waals surface area contributed by atoms with Crippen LogP contribution in [0.1, 0.15) is 11.4 Å². The van der Waals surface area contributed by atoms with Crippen LogP contribution < -0.4 is 14.5 Å². The SMILES string of the molecule is Cc1ccc(Cl)cc1S(=O)(=O)NCc1nc(N(C)C)nc(N2CCOCC2)n1. The van der Waals surface area contributed by atoms with Gasteiger partial charge in [0.15, 0.2) is 5.82 Å². The predicted molar refractivity (Wildman–Crippen MR) is 107 cm³/mol. The number of sulfonamides is 1. The third-order valence-electron chi connectivity index (χ3n) is 4.21. The first kappa shape index (κ1) is 20.7. The molecule has 2 heterocycles. The first-order valence-corrected chi connectivity index (χ1v) is 10.6. The summed E-state index contributed by atoms with van der Waals surface area (Å²) < 4.78 is 33.3. The van der Waals surface area contributed by atoms with E-state index >= 15 is 0 Å². The van der Waals surface area contributed by atoms with Crippen LogP contribution in [0.3, 0.4) is 0 Å².